The van der Waals surface area contributed by atoms with E-state index in [0.29, 0.717) is 37.1 Å². The van der Waals surface area contributed by atoms with Crippen LogP contribution in [0.2, 0.25) is 0 Å². The number of benzene rings is 1. The number of nitrogens with one attached hydrogen (secondary N) is 3. The number of hydrogen-bond donors (Lipinski definition) is 3. The smallest absolute Gasteiger partial charge is 0.251 e. The van der Waals surface area contributed by atoms with Gasteiger partial charge in [0.05, 0.1) is 12.2 Å². The standard InChI is InChI=1S/C21H31N5O2/c1-5-16(6-2)19-13-18(28-26-19)14-25-21(22-4)24-11-10-23-20(27)17-9-7-8-15(3)12-17/h7-9,12-13,16H,5-6,10-11,14H2,1-4H3,(H,23,27)(H2,22,24,25). The van der Waals surface area contributed by atoms with Gasteiger partial charge in [0.2, 0.25) is 0 Å². The van der Waals surface area contributed by atoms with Crippen molar-refractivity contribution in [2.45, 2.75) is 46.1 Å². The van der Waals surface area contributed by atoms with Crippen LogP contribution in [-0.2, 0) is 6.54 Å². The Bertz CT molecular complexity index is 781. The molecule has 0 spiro atoms. The zero-order chi connectivity index (χ0) is 20.4. The van der Waals surface area contributed by atoms with Crippen molar-refractivity contribution in [3.63, 3.8) is 0 Å². The number of amides is 1. The lowest BCUT2D eigenvalue weighted by molar-refractivity contribution is 0.0954. The molecule has 1 amide bonds. The second-order valence-electron chi connectivity index (χ2n) is 6.71. The minimum atomic E-state index is -0.0796. The lowest BCUT2D eigenvalue weighted by Gasteiger charge is -2.11. The lowest BCUT2D eigenvalue weighted by Crippen LogP contribution is -2.41. The van der Waals surface area contributed by atoms with Crippen LogP contribution in [0.5, 0.6) is 0 Å². The third kappa shape index (κ3) is 6.40. The number of aryl methyl sites for hydroxylation is 1. The number of nitrogens with zero attached hydrogens (tertiary/aromatic N) is 2. The number of hydrogen-bond acceptors (Lipinski definition) is 4. The maximum absolute atomic E-state index is 12.1. The van der Waals surface area contributed by atoms with E-state index in [0.717, 1.165) is 29.9 Å². The van der Waals surface area contributed by atoms with Gasteiger partial charge in [0.1, 0.15) is 0 Å². The summed E-state index contributed by atoms with van der Waals surface area (Å²) in [5.41, 5.74) is 2.74. The molecule has 0 aliphatic carbocycles. The molecule has 1 heterocycles. The van der Waals surface area contributed by atoms with Gasteiger partial charge in [0.25, 0.3) is 5.91 Å². The fourth-order valence-corrected chi connectivity index (χ4v) is 2.95. The molecule has 28 heavy (non-hydrogen) atoms. The third-order valence-corrected chi connectivity index (χ3v) is 4.62. The highest BCUT2D eigenvalue weighted by molar-refractivity contribution is 5.94. The maximum atomic E-state index is 12.1. The van der Waals surface area contributed by atoms with Gasteiger partial charge >= 0.3 is 0 Å². The van der Waals surface area contributed by atoms with Gasteiger partial charge in [-0.1, -0.05) is 36.7 Å². The van der Waals surface area contributed by atoms with Crippen LogP contribution in [0.15, 0.2) is 39.8 Å². The molecule has 0 unspecified atom stereocenters. The number of guanidine groups is 1. The molecular formula is C21H31N5O2. The van der Waals surface area contributed by atoms with Gasteiger partial charge < -0.3 is 20.5 Å². The zero-order valence-electron chi connectivity index (χ0n) is 17.2. The van der Waals surface area contributed by atoms with Crippen LogP contribution in [-0.4, -0.2) is 37.2 Å². The summed E-state index contributed by atoms with van der Waals surface area (Å²) in [7, 11) is 1.71. The summed E-state index contributed by atoms with van der Waals surface area (Å²) >= 11 is 0. The van der Waals surface area contributed by atoms with Crippen LogP contribution in [0.1, 0.15) is 60.0 Å². The zero-order valence-corrected chi connectivity index (χ0v) is 17.2. The van der Waals surface area contributed by atoms with Crippen molar-refractivity contribution in [2.24, 2.45) is 4.99 Å². The highest BCUT2D eigenvalue weighted by atomic mass is 16.5. The van der Waals surface area contributed by atoms with Crippen LogP contribution in [0.25, 0.3) is 0 Å². The summed E-state index contributed by atoms with van der Waals surface area (Å²) in [6.45, 7) is 7.84. The van der Waals surface area contributed by atoms with Crippen LogP contribution in [0, 0.1) is 6.92 Å². The van der Waals surface area contributed by atoms with Crippen LogP contribution in [0.4, 0.5) is 0 Å². The Labute approximate surface area is 167 Å². The molecule has 0 saturated carbocycles. The minimum Gasteiger partial charge on any atom is -0.359 e. The van der Waals surface area contributed by atoms with E-state index in [4.69, 9.17) is 4.52 Å². The van der Waals surface area contributed by atoms with Crippen LogP contribution in [0.3, 0.4) is 0 Å². The fraction of sp³-hybridized carbons (Fsp3) is 0.476. The molecule has 2 rings (SSSR count). The van der Waals surface area contributed by atoms with Gasteiger partial charge in [0.15, 0.2) is 11.7 Å². The van der Waals surface area contributed by atoms with E-state index in [1.54, 1.807) is 7.05 Å². The number of rotatable bonds is 9. The van der Waals surface area contributed by atoms with Gasteiger partial charge in [-0.3, -0.25) is 9.79 Å². The monoisotopic (exact) mass is 385 g/mol. The van der Waals surface area contributed by atoms with Gasteiger partial charge in [-0.15, -0.1) is 0 Å². The number of aliphatic imine (C=N–C) groups is 1. The first kappa shape index (κ1) is 21.5. The fourth-order valence-electron chi connectivity index (χ4n) is 2.95. The normalized spacial score (nSPS) is 11.5. The molecule has 0 aliphatic heterocycles. The Kier molecular flexibility index (Phi) is 8.52. The first-order valence-corrected chi connectivity index (χ1v) is 9.82. The average Bonchev–Trinajstić information content (AvgIpc) is 3.17. The molecule has 0 radical (unpaired) electrons. The second kappa shape index (κ2) is 11.1. The van der Waals surface area contributed by atoms with E-state index in [1.807, 2.05) is 37.3 Å². The summed E-state index contributed by atoms with van der Waals surface area (Å²) in [6.07, 6.45) is 2.10. The van der Waals surface area contributed by atoms with Gasteiger partial charge in [-0.2, -0.15) is 0 Å². The van der Waals surface area contributed by atoms with Crippen molar-refractivity contribution in [3.8, 4) is 0 Å². The van der Waals surface area contributed by atoms with Crippen molar-refractivity contribution < 1.29 is 9.32 Å². The van der Waals surface area contributed by atoms with Crippen LogP contribution < -0.4 is 16.0 Å². The summed E-state index contributed by atoms with van der Waals surface area (Å²) in [6, 6.07) is 9.53. The molecule has 152 valence electrons. The van der Waals surface area contributed by atoms with E-state index >= 15 is 0 Å². The molecule has 0 saturated heterocycles. The number of carbonyl (C=O) groups is 1. The largest absolute Gasteiger partial charge is 0.359 e. The number of carbonyl (C=O) groups excluding carboxylic acids is 1. The molecule has 0 atom stereocenters. The Morgan fingerprint density at radius 3 is 2.57 bits per heavy atom. The van der Waals surface area contributed by atoms with Crippen molar-refractivity contribution in [2.75, 3.05) is 20.1 Å². The Morgan fingerprint density at radius 2 is 1.89 bits per heavy atom. The third-order valence-electron chi connectivity index (χ3n) is 4.62. The highest BCUT2D eigenvalue weighted by Crippen LogP contribution is 2.22. The molecule has 1 aromatic carbocycles. The second-order valence-corrected chi connectivity index (χ2v) is 6.71. The molecule has 7 nitrogen and oxygen atoms in total. The highest BCUT2D eigenvalue weighted by Gasteiger charge is 2.13. The van der Waals surface area contributed by atoms with E-state index < -0.39 is 0 Å². The molecule has 0 fully saturated rings. The van der Waals surface area contributed by atoms with E-state index in [2.05, 4.69) is 39.9 Å². The SMILES string of the molecule is CCC(CC)c1cc(CNC(=NC)NCCNC(=O)c2cccc(C)c2)on1. The first-order chi connectivity index (χ1) is 13.6. The minimum absolute atomic E-state index is 0.0796. The number of aromatic nitrogens is 1. The topological polar surface area (TPSA) is 91.6 Å². The molecule has 2 aromatic rings. The molecule has 3 N–H and O–H groups in total. The predicted octanol–water partition coefficient (Wildman–Crippen LogP) is 2.98. The Hall–Kier alpha value is -2.83. The van der Waals surface area contributed by atoms with Gasteiger partial charge in [-0.25, -0.2) is 0 Å². The Morgan fingerprint density at radius 1 is 1.14 bits per heavy atom. The van der Waals surface area contributed by atoms with Gasteiger partial charge in [-0.05, 0) is 31.9 Å². The molecule has 0 bridgehead atoms. The van der Waals surface area contributed by atoms with E-state index in [1.165, 1.54) is 0 Å². The molecular weight excluding hydrogens is 354 g/mol. The maximum Gasteiger partial charge on any atom is 0.251 e. The molecule has 7 heteroatoms. The first-order valence-electron chi connectivity index (χ1n) is 9.82. The lowest BCUT2D eigenvalue weighted by atomic mass is 9.99. The van der Waals surface area contributed by atoms with Crippen LogP contribution >= 0.6 is 0 Å². The quantitative estimate of drug-likeness (QED) is 0.351. The summed E-state index contributed by atoms with van der Waals surface area (Å²) in [5, 5.41) is 13.4. The summed E-state index contributed by atoms with van der Waals surface area (Å²) in [5.74, 6) is 1.78. The van der Waals surface area contributed by atoms with Gasteiger partial charge in [0, 0.05) is 37.7 Å². The van der Waals surface area contributed by atoms with Crippen molar-refractivity contribution in [1.82, 2.24) is 21.1 Å². The summed E-state index contributed by atoms with van der Waals surface area (Å²) < 4.78 is 5.41. The van der Waals surface area contributed by atoms with Crippen molar-refractivity contribution in [3.05, 3.63) is 52.9 Å². The van der Waals surface area contributed by atoms with E-state index in [-0.39, 0.29) is 5.91 Å². The molecule has 0 aliphatic rings. The molecule has 1 aromatic heterocycles. The Balaban J connectivity index is 1.72. The average molecular weight is 386 g/mol. The van der Waals surface area contributed by atoms with Crippen molar-refractivity contribution in [1.29, 1.82) is 0 Å². The van der Waals surface area contributed by atoms with Crippen molar-refractivity contribution >= 4 is 11.9 Å². The van der Waals surface area contributed by atoms with E-state index in [9.17, 15) is 4.79 Å². The summed E-state index contributed by atoms with van der Waals surface area (Å²) in [4.78, 5) is 16.3. The predicted molar refractivity (Wildman–Crippen MR) is 112 cm³/mol.